The first kappa shape index (κ1) is 21.9. The van der Waals surface area contributed by atoms with Crippen LogP contribution in [0.1, 0.15) is 70.8 Å². The Balaban J connectivity index is 1.21. The average Bonchev–Trinajstić information content (AvgIpc) is 3.11. The molecule has 170 valence electrons. The largest absolute Gasteiger partial charge is 0.444 e. The summed E-state index contributed by atoms with van der Waals surface area (Å²) in [6.45, 7) is 8.60. The SMILES string of the molecule is CC(C)(C)OC(=O)NCC1CCC(N2CCC(c3ccc4[nH]c(=O)oc4c3)CC2)CC1. The van der Waals surface area contributed by atoms with Crippen LogP contribution >= 0.6 is 0 Å². The average molecular weight is 430 g/mol. The van der Waals surface area contributed by atoms with Crippen molar-refractivity contribution in [1.82, 2.24) is 15.2 Å². The lowest BCUT2D eigenvalue weighted by Gasteiger charge is -2.41. The summed E-state index contributed by atoms with van der Waals surface area (Å²) in [6.07, 6.45) is 6.68. The van der Waals surface area contributed by atoms with Gasteiger partial charge in [0.1, 0.15) is 5.60 Å². The van der Waals surface area contributed by atoms with E-state index in [2.05, 4.69) is 21.3 Å². The third-order valence-electron chi connectivity index (χ3n) is 6.71. The molecule has 2 fully saturated rings. The third-order valence-corrected chi connectivity index (χ3v) is 6.71. The second-order valence-corrected chi connectivity index (χ2v) is 10.1. The quantitative estimate of drug-likeness (QED) is 0.753. The van der Waals surface area contributed by atoms with E-state index in [0.717, 1.165) is 44.3 Å². The molecule has 2 heterocycles. The van der Waals surface area contributed by atoms with Gasteiger partial charge in [-0.15, -0.1) is 0 Å². The highest BCUT2D eigenvalue weighted by Crippen LogP contribution is 2.34. The summed E-state index contributed by atoms with van der Waals surface area (Å²) in [5, 5.41) is 2.94. The van der Waals surface area contributed by atoms with Crippen LogP contribution in [0.2, 0.25) is 0 Å². The molecule has 2 N–H and O–H groups in total. The Morgan fingerprint density at radius 1 is 1.16 bits per heavy atom. The summed E-state index contributed by atoms with van der Waals surface area (Å²) in [6, 6.07) is 6.76. The number of benzene rings is 1. The standard InChI is InChI=1S/C24H35N3O4/c1-24(2,3)31-22(28)25-15-16-4-7-19(8-5-16)27-12-10-17(11-13-27)18-6-9-20-21(14-18)30-23(29)26-20/h6,9,14,16-17,19H,4-5,7-8,10-13,15H2,1-3H3,(H,25,28)(H,26,29). The zero-order valence-electron chi connectivity index (χ0n) is 18.9. The fraction of sp³-hybridized carbons (Fsp3) is 0.667. The zero-order valence-corrected chi connectivity index (χ0v) is 18.9. The van der Waals surface area contributed by atoms with E-state index in [-0.39, 0.29) is 11.8 Å². The number of likely N-dealkylation sites (tertiary alicyclic amines) is 1. The Bertz CT molecular complexity index is 942. The van der Waals surface area contributed by atoms with E-state index < -0.39 is 5.60 Å². The Kier molecular flexibility index (Phi) is 6.42. The van der Waals surface area contributed by atoms with Crippen molar-refractivity contribution in [1.29, 1.82) is 0 Å². The monoisotopic (exact) mass is 429 g/mol. The van der Waals surface area contributed by atoms with Crippen molar-refractivity contribution in [2.24, 2.45) is 5.92 Å². The van der Waals surface area contributed by atoms with Crippen molar-refractivity contribution in [2.75, 3.05) is 19.6 Å². The molecule has 0 radical (unpaired) electrons. The number of carbonyl (C=O) groups is 1. The van der Waals surface area contributed by atoms with Crippen molar-refractivity contribution in [2.45, 2.75) is 76.9 Å². The number of nitrogens with one attached hydrogen (secondary N) is 2. The number of aromatic nitrogens is 1. The summed E-state index contributed by atoms with van der Waals surface area (Å²) in [7, 11) is 0. The van der Waals surface area contributed by atoms with Crippen LogP contribution in [0, 0.1) is 5.92 Å². The van der Waals surface area contributed by atoms with E-state index in [0.29, 0.717) is 30.0 Å². The number of piperidine rings is 1. The van der Waals surface area contributed by atoms with Gasteiger partial charge in [-0.1, -0.05) is 6.07 Å². The number of fused-ring (bicyclic) bond motifs is 1. The summed E-state index contributed by atoms with van der Waals surface area (Å²) in [4.78, 5) is 28.6. The van der Waals surface area contributed by atoms with Crippen molar-refractivity contribution >= 4 is 17.2 Å². The number of H-pyrrole nitrogens is 1. The normalized spacial score (nSPS) is 23.7. The van der Waals surface area contributed by atoms with Crippen molar-refractivity contribution in [3.05, 3.63) is 34.3 Å². The van der Waals surface area contributed by atoms with Crippen LogP contribution < -0.4 is 11.1 Å². The number of hydrogen-bond donors (Lipinski definition) is 2. The second-order valence-electron chi connectivity index (χ2n) is 10.1. The molecular weight excluding hydrogens is 394 g/mol. The van der Waals surface area contributed by atoms with E-state index >= 15 is 0 Å². The predicted molar refractivity (Wildman–Crippen MR) is 120 cm³/mol. The van der Waals surface area contributed by atoms with Crippen molar-refractivity contribution in [3.63, 3.8) is 0 Å². The number of alkyl carbamates (subject to hydrolysis) is 1. The molecule has 2 aromatic rings. The second kappa shape index (κ2) is 9.07. The topological polar surface area (TPSA) is 87.6 Å². The molecule has 1 aliphatic carbocycles. The molecule has 0 atom stereocenters. The maximum Gasteiger partial charge on any atom is 0.417 e. The Morgan fingerprint density at radius 2 is 1.87 bits per heavy atom. The molecule has 0 unspecified atom stereocenters. The van der Waals surface area contributed by atoms with Crippen LogP contribution in [0.3, 0.4) is 0 Å². The van der Waals surface area contributed by atoms with Gasteiger partial charge in [-0.3, -0.25) is 4.98 Å². The van der Waals surface area contributed by atoms with Crippen LogP contribution in [-0.4, -0.2) is 47.3 Å². The molecule has 7 heteroatoms. The van der Waals surface area contributed by atoms with Crippen LogP contribution in [0.5, 0.6) is 0 Å². The van der Waals surface area contributed by atoms with Gasteiger partial charge in [0.25, 0.3) is 0 Å². The molecule has 0 spiro atoms. The highest BCUT2D eigenvalue weighted by molar-refractivity contribution is 5.73. The maximum atomic E-state index is 11.9. The molecule has 1 amide bonds. The van der Waals surface area contributed by atoms with Crippen LogP contribution in [0.25, 0.3) is 11.1 Å². The van der Waals surface area contributed by atoms with Gasteiger partial charge in [-0.05, 0) is 102 Å². The van der Waals surface area contributed by atoms with Crippen molar-refractivity contribution < 1.29 is 13.9 Å². The lowest BCUT2D eigenvalue weighted by atomic mass is 9.83. The lowest BCUT2D eigenvalue weighted by Crippen LogP contribution is -2.44. The third kappa shape index (κ3) is 5.70. The van der Waals surface area contributed by atoms with Gasteiger partial charge in [0, 0.05) is 12.6 Å². The minimum absolute atomic E-state index is 0.311. The van der Waals surface area contributed by atoms with Gasteiger partial charge in [0.05, 0.1) is 5.52 Å². The number of oxazole rings is 1. The molecule has 1 aliphatic heterocycles. The number of amides is 1. The molecule has 1 saturated carbocycles. The van der Waals surface area contributed by atoms with Gasteiger partial charge in [-0.2, -0.15) is 0 Å². The van der Waals surface area contributed by atoms with Gasteiger partial charge in [-0.25, -0.2) is 9.59 Å². The molecule has 2 aliphatic rings. The van der Waals surface area contributed by atoms with Crippen LogP contribution in [-0.2, 0) is 4.74 Å². The maximum absolute atomic E-state index is 11.9. The smallest absolute Gasteiger partial charge is 0.417 e. The molecular formula is C24H35N3O4. The molecule has 31 heavy (non-hydrogen) atoms. The number of nitrogens with zero attached hydrogens (tertiary/aromatic N) is 1. The van der Waals surface area contributed by atoms with Crippen molar-refractivity contribution in [3.8, 4) is 0 Å². The number of hydrogen-bond acceptors (Lipinski definition) is 5. The van der Waals surface area contributed by atoms with Gasteiger partial charge in [0.2, 0.25) is 0 Å². The van der Waals surface area contributed by atoms with E-state index in [4.69, 9.17) is 9.15 Å². The molecule has 7 nitrogen and oxygen atoms in total. The molecule has 4 rings (SSSR count). The predicted octanol–water partition coefficient (Wildman–Crippen LogP) is 4.38. The molecule has 1 aromatic heterocycles. The molecule has 1 aromatic carbocycles. The van der Waals surface area contributed by atoms with Gasteiger partial charge < -0.3 is 19.4 Å². The fourth-order valence-electron chi connectivity index (χ4n) is 5.07. The number of aromatic amines is 1. The summed E-state index contributed by atoms with van der Waals surface area (Å²) < 4.78 is 10.6. The Hall–Kier alpha value is -2.28. The first-order chi connectivity index (χ1) is 14.8. The molecule has 0 bridgehead atoms. The zero-order chi connectivity index (χ0) is 22.0. The van der Waals surface area contributed by atoms with E-state index in [1.165, 1.54) is 18.4 Å². The Labute approximate surface area is 183 Å². The molecule has 1 saturated heterocycles. The number of ether oxygens (including phenoxy) is 1. The number of rotatable bonds is 4. The minimum atomic E-state index is -0.449. The fourth-order valence-corrected chi connectivity index (χ4v) is 5.07. The summed E-state index contributed by atoms with van der Waals surface area (Å²) >= 11 is 0. The highest BCUT2D eigenvalue weighted by atomic mass is 16.6. The first-order valence-electron chi connectivity index (χ1n) is 11.6. The number of carbonyl (C=O) groups excluding carboxylic acids is 1. The van der Waals surface area contributed by atoms with E-state index in [9.17, 15) is 9.59 Å². The first-order valence-corrected chi connectivity index (χ1v) is 11.6. The van der Waals surface area contributed by atoms with Gasteiger partial charge in [0.15, 0.2) is 5.58 Å². The van der Waals surface area contributed by atoms with Crippen LogP contribution in [0.4, 0.5) is 4.79 Å². The summed E-state index contributed by atoms with van der Waals surface area (Å²) in [5.74, 6) is 0.679. The van der Waals surface area contributed by atoms with E-state index in [1.807, 2.05) is 32.9 Å². The Morgan fingerprint density at radius 3 is 2.55 bits per heavy atom. The van der Waals surface area contributed by atoms with Gasteiger partial charge >= 0.3 is 11.8 Å². The lowest BCUT2D eigenvalue weighted by molar-refractivity contribution is 0.0506. The summed E-state index contributed by atoms with van der Waals surface area (Å²) in [5.41, 5.74) is 2.24. The highest BCUT2D eigenvalue weighted by Gasteiger charge is 2.30. The minimum Gasteiger partial charge on any atom is -0.444 e. The van der Waals surface area contributed by atoms with Crippen LogP contribution in [0.15, 0.2) is 27.4 Å². The van der Waals surface area contributed by atoms with E-state index in [1.54, 1.807) is 0 Å².